The summed E-state index contributed by atoms with van der Waals surface area (Å²) in [6.07, 6.45) is -2.23. The van der Waals surface area contributed by atoms with Crippen LogP contribution in [0.3, 0.4) is 0 Å². The molecule has 0 nitrogen and oxygen atoms in total. The molecule has 0 saturated heterocycles. The molecule has 0 radical (unpaired) electrons. The van der Waals surface area contributed by atoms with E-state index >= 15 is 0 Å². The Morgan fingerprint density at radius 3 is 1.95 bits per heavy atom. The number of hydrogen-bond acceptors (Lipinski definition) is 0. The molecule has 0 aliphatic heterocycles. The van der Waals surface area contributed by atoms with Crippen molar-refractivity contribution < 1.29 is 13.2 Å². The van der Waals surface area contributed by atoms with Crippen LogP contribution in [0.4, 0.5) is 13.2 Å². The van der Waals surface area contributed by atoms with Gasteiger partial charge in [-0.2, -0.15) is 13.2 Å². The molecule has 0 aliphatic carbocycles. The summed E-state index contributed by atoms with van der Waals surface area (Å²) in [5.41, 5.74) is 2.65. The van der Waals surface area contributed by atoms with Gasteiger partial charge in [-0.05, 0) is 5.56 Å². The molecule has 2 aromatic rings. The van der Waals surface area contributed by atoms with Crippen LogP contribution in [0, 0.1) is 0 Å². The Bertz CT molecular complexity index is 611. The summed E-state index contributed by atoms with van der Waals surface area (Å²) in [5, 5.41) is 0.989. The van der Waals surface area contributed by atoms with Crippen LogP contribution in [-0.4, -0.2) is 8.07 Å². The fourth-order valence-corrected chi connectivity index (χ4v) is 3.88. The van der Waals surface area contributed by atoms with Crippen molar-refractivity contribution in [1.29, 1.82) is 0 Å². The van der Waals surface area contributed by atoms with Crippen molar-refractivity contribution in [2.24, 2.45) is 0 Å². The van der Waals surface area contributed by atoms with Gasteiger partial charge < -0.3 is 0 Å². The van der Waals surface area contributed by atoms with Gasteiger partial charge in [0.2, 0.25) is 0 Å². The van der Waals surface area contributed by atoms with Gasteiger partial charge in [-0.3, -0.25) is 0 Å². The van der Waals surface area contributed by atoms with Crippen molar-refractivity contribution in [2.45, 2.75) is 19.3 Å². The molecule has 0 spiro atoms. The van der Waals surface area contributed by atoms with E-state index in [1.54, 1.807) is 12.1 Å². The van der Waals surface area contributed by atoms with Gasteiger partial charge in [-0.15, -0.1) is 0 Å². The molecule has 0 atom stereocenters. The molecule has 0 unspecified atom stereocenters. The van der Waals surface area contributed by atoms with E-state index in [2.05, 4.69) is 18.8 Å². The highest BCUT2D eigenvalue weighted by Crippen LogP contribution is 2.28. The van der Waals surface area contributed by atoms with Crippen LogP contribution >= 0.6 is 0 Å². The van der Waals surface area contributed by atoms with Crippen LogP contribution in [0.15, 0.2) is 60.3 Å². The Labute approximate surface area is 124 Å². The minimum absolute atomic E-state index is 0.594. The maximum Gasteiger partial charge on any atom is 0.416 e. The fraction of sp³-hybridized carbons (Fsp3) is 0.176. The van der Waals surface area contributed by atoms with Gasteiger partial charge >= 0.3 is 6.18 Å². The first-order valence-corrected chi connectivity index (χ1v) is 9.79. The quantitative estimate of drug-likeness (QED) is 0.709. The van der Waals surface area contributed by atoms with Crippen molar-refractivity contribution in [3.05, 3.63) is 71.4 Å². The van der Waals surface area contributed by atoms with E-state index in [4.69, 9.17) is 0 Å². The van der Waals surface area contributed by atoms with Crippen LogP contribution in [0.5, 0.6) is 0 Å². The number of rotatable bonds is 3. The smallest absolute Gasteiger partial charge is 0.166 e. The van der Waals surface area contributed by atoms with Crippen LogP contribution in [0.1, 0.15) is 11.1 Å². The minimum atomic E-state index is -4.27. The van der Waals surface area contributed by atoms with Gasteiger partial charge in [0.15, 0.2) is 0 Å². The third kappa shape index (κ3) is 4.08. The lowest BCUT2D eigenvalue weighted by Gasteiger charge is -2.19. The summed E-state index contributed by atoms with van der Waals surface area (Å²) in [6, 6.07) is 15.4. The molecular weight excluding hydrogens is 289 g/mol. The van der Waals surface area contributed by atoms with Crippen molar-refractivity contribution in [3.63, 3.8) is 0 Å². The standard InChI is InChI=1S/C17H17F3Si/c1-21(2,13-12-14-6-4-3-5-7-14)16-10-8-15(9-11-16)17(18,19)20/h3-13H,1-2H3/b13-12+. The molecule has 0 aliphatic rings. The molecule has 0 saturated carbocycles. The SMILES string of the molecule is C[Si](C)(/C=C/c1ccccc1)c1ccc(C(F)(F)F)cc1. The van der Waals surface area contributed by atoms with Crippen molar-refractivity contribution in [1.82, 2.24) is 0 Å². The van der Waals surface area contributed by atoms with E-state index in [0.29, 0.717) is 0 Å². The van der Waals surface area contributed by atoms with Gasteiger partial charge in [-0.25, -0.2) is 0 Å². The van der Waals surface area contributed by atoms with Crippen LogP contribution in [-0.2, 0) is 6.18 Å². The van der Waals surface area contributed by atoms with Gasteiger partial charge in [0.05, 0.1) is 5.56 Å². The molecule has 110 valence electrons. The topological polar surface area (TPSA) is 0 Å². The second-order valence-corrected chi connectivity index (χ2v) is 9.89. The molecule has 4 heteroatoms. The number of hydrogen-bond donors (Lipinski definition) is 0. The maximum atomic E-state index is 12.6. The molecule has 0 bridgehead atoms. The summed E-state index contributed by atoms with van der Waals surface area (Å²) in [7, 11) is -1.89. The molecule has 0 N–H and O–H groups in total. The first-order chi connectivity index (χ1) is 9.79. The molecule has 0 aromatic heterocycles. The highest BCUT2D eigenvalue weighted by molar-refractivity contribution is 6.94. The lowest BCUT2D eigenvalue weighted by atomic mass is 10.2. The number of benzene rings is 2. The van der Waals surface area contributed by atoms with Crippen molar-refractivity contribution >= 4 is 19.3 Å². The van der Waals surface area contributed by atoms with Crippen LogP contribution < -0.4 is 5.19 Å². The predicted octanol–water partition coefficient (Wildman–Crippen LogP) is 4.87. The summed E-state index contributed by atoms with van der Waals surface area (Å²) < 4.78 is 37.7. The molecule has 2 rings (SSSR count). The summed E-state index contributed by atoms with van der Waals surface area (Å²) >= 11 is 0. The average molecular weight is 306 g/mol. The van der Waals surface area contributed by atoms with E-state index < -0.39 is 19.8 Å². The third-order valence-corrected chi connectivity index (χ3v) is 6.27. The Balaban J connectivity index is 2.21. The lowest BCUT2D eigenvalue weighted by molar-refractivity contribution is -0.137. The Morgan fingerprint density at radius 2 is 1.43 bits per heavy atom. The molecule has 0 fully saturated rings. The van der Waals surface area contributed by atoms with E-state index in [-0.39, 0.29) is 0 Å². The Kier molecular flexibility index (Phi) is 4.37. The Hall–Kier alpha value is -1.81. The largest absolute Gasteiger partial charge is 0.416 e. The van der Waals surface area contributed by atoms with E-state index in [9.17, 15) is 13.2 Å². The summed E-state index contributed by atoms with van der Waals surface area (Å²) in [6.45, 7) is 4.24. The van der Waals surface area contributed by atoms with Gasteiger partial charge in [0.25, 0.3) is 0 Å². The molecule has 2 aromatic carbocycles. The van der Waals surface area contributed by atoms with E-state index in [1.165, 1.54) is 12.1 Å². The van der Waals surface area contributed by atoms with Crippen LogP contribution in [0.2, 0.25) is 13.1 Å². The zero-order valence-corrected chi connectivity index (χ0v) is 13.0. The normalized spacial score (nSPS) is 12.8. The van der Waals surface area contributed by atoms with Gasteiger partial charge in [0, 0.05) is 0 Å². The zero-order valence-electron chi connectivity index (χ0n) is 12.0. The number of halogens is 3. The molecule has 0 amide bonds. The monoisotopic (exact) mass is 306 g/mol. The second-order valence-electron chi connectivity index (χ2n) is 5.54. The minimum Gasteiger partial charge on any atom is -0.166 e. The van der Waals surface area contributed by atoms with Crippen LogP contribution in [0.25, 0.3) is 6.08 Å². The summed E-state index contributed by atoms with van der Waals surface area (Å²) in [5.74, 6) is 0. The van der Waals surface area contributed by atoms with Crippen molar-refractivity contribution in [2.75, 3.05) is 0 Å². The number of alkyl halides is 3. The van der Waals surface area contributed by atoms with Gasteiger partial charge in [-0.1, -0.05) is 84.7 Å². The first kappa shape index (κ1) is 15.6. The fourth-order valence-electron chi connectivity index (χ4n) is 2.05. The van der Waals surface area contributed by atoms with E-state index in [0.717, 1.165) is 10.8 Å². The maximum absolute atomic E-state index is 12.6. The predicted molar refractivity (Wildman–Crippen MR) is 84.0 cm³/mol. The third-order valence-electron chi connectivity index (χ3n) is 3.45. The summed E-state index contributed by atoms with van der Waals surface area (Å²) in [4.78, 5) is 0. The first-order valence-electron chi connectivity index (χ1n) is 6.71. The van der Waals surface area contributed by atoms with E-state index in [1.807, 2.05) is 36.4 Å². The van der Waals surface area contributed by atoms with Crippen molar-refractivity contribution in [3.8, 4) is 0 Å². The zero-order chi connectivity index (χ0) is 15.5. The highest BCUT2D eigenvalue weighted by atomic mass is 28.3. The average Bonchev–Trinajstić information content (AvgIpc) is 2.46. The highest BCUT2D eigenvalue weighted by Gasteiger charge is 2.30. The second kappa shape index (κ2) is 5.90. The molecule has 0 heterocycles. The Morgan fingerprint density at radius 1 is 0.857 bits per heavy atom. The van der Waals surface area contributed by atoms with Gasteiger partial charge in [0.1, 0.15) is 8.07 Å². The lowest BCUT2D eigenvalue weighted by Crippen LogP contribution is -2.39. The molecular formula is C17H17F3Si. The molecule has 21 heavy (non-hydrogen) atoms.